The maximum atomic E-state index is 13.9. The van der Waals surface area contributed by atoms with Gasteiger partial charge in [0.05, 0.1) is 11.8 Å². The van der Waals surface area contributed by atoms with E-state index in [1.165, 1.54) is 41.5 Å². The van der Waals surface area contributed by atoms with Crippen molar-refractivity contribution in [2.75, 3.05) is 0 Å². The summed E-state index contributed by atoms with van der Waals surface area (Å²) in [6.45, 7) is 4.46. The van der Waals surface area contributed by atoms with Crippen molar-refractivity contribution in [1.29, 1.82) is 5.26 Å². The van der Waals surface area contributed by atoms with Crippen LogP contribution in [0.3, 0.4) is 0 Å². The number of halogens is 1. The third kappa shape index (κ3) is 5.48. The summed E-state index contributed by atoms with van der Waals surface area (Å²) in [5.74, 6) is -0.217. The average Bonchev–Trinajstić information content (AvgIpc) is 3.23. The zero-order valence-corrected chi connectivity index (χ0v) is 21.2. The Labute approximate surface area is 210 Å². The molecule has 0 N–H and O–H groups in total. The van der Waals surface area contributed by atoms with Crippen LogP contribution < -0.4 is 0 Å². The molecule has 0 saturated heterocycles. The van der Waals surface area contributed by atoms with Crippen LogP contribution in [0.4, 0.5) is 4.39 Å². The fourth-order valence-electron chi connectivity index (χ4n) is 5.61. The molecule has 0 saturated carbocycles. The fourth-order valence-corrected chi connectivity index (χ4v) is 5.61. The lowest BCUT2D eigenvalue weighted by molar-refractivity contribution is 0.526. The first-order valence-electron chi connectivity index (χ1n) is 13.4. The van der Waals surface area contributed by atoms with Crippen molar-refractivity contribution in [3.8, 4) is 17.2 Å². The predicted octanol–water partition coefficient (Wildman–Crippen LogP) is 8.30. The number of aryl methyl sites for hydroxylation is 1. The van der Waals surface area contributed by atoms with E-state index in [2.05, 4.69) is 32.0 Å². The Morgan fingerprint density at radius 3 is 2.26 bits per heavy atom. The zero-order chi connectivity index (χ0) is 24.7. The Balaban J connectivity index is 1.89. The molecular weight excluding hydrogens is 431 g/mol. The number of hydrogen-bond acceptors (Lipinski definition) is 2. The van der Waals surface area contributed by atoms with E-state index in [1.54, 1.807) is 12.1 Å². The summed E-state index contributed by atoms with van der Waals surface area (Å²) < 4.78 is 13.9. The third-order valence-electron chi connectivity index (χ3n) is 7.48. The lowest BCUT2D eigenvalue weighted by Gasteiger charge is -2.25. The van der Waals surface area contributed by atoms with Crippen LogP contribution in [-0.2, 0) is 31.1 Å². The van der Waals surface area contributed by atoms with Gasteiger partial charge >= 0.3 is 0 Å². The van der Waals surface area contributed by atoms with Crippen molar-refractivity contribution in [2.45, 2.75) is 89.9 Å². The third-order valence-corrected chi connectivity index (χ3v) is 7.48. The molecule has 1 aromatic heterocycles. The van der Waals surface area contributed by atoms with Crippen LogP contribution in [0.25, 0.3) is 11.1 Å². The number of rotatable bonds is 11. The number of benzene rings is 2. The van der Waals surface area contributed by atoms with Crippen LogP contribution >= 0.6 is 0 Å². The van der Waals surface area contributed by atoms with Gasteiger partial charge in [-0.1, -0.05) is 82.0 Å². The highest BCUT2D eigenvalue weighted by atomic mass is 19.1. The Morgan fingerprint density at radius 1 is 0.914 bits per heavy atom. The number of nitriles is 1. The molecule has 0 aliphatic heterocycles. The summed E-state index contributed by atoms with van der Waals surface area (Å²) in [4.78, 5) is 5.33. The molecule has 1 atom stereocenters. The first-order valence-corrected chi connectivity index (χ1v) is 13.4. The first kappa shape index (κ1) is 25.1. The Kier molecular flexibility index (Phi) is 8.34. The number of hydrogen-bond donors (Lipinski definition) is 0. The van der Waals surface area contributed by atoms with E-state index in [0.717, 1.165) is 61.9 Å². The summed E-state index contributed by atoms with van der Waals surface area (Å²) >= 11 is 0. The van der Waals surface area contributed by atoms with Gasteiger partial charge in [0.1, 0.15) is 11.2 Å². The van der Waals surface area contributed by atoms with Crippen LogP contribution in [0, 0.1) is 17.1 Å². The van der Waals surface area contributed by atoms with Gasteiger partial charge in [-0.25, -0.2) is 4.39 Å². The second-order valence-corrected chi connectivity index (χ2v) is 10.0. The first-order chi connectivity index (χ1) is 17.1. The van der Waals surface area contributed by atoms with Crippen molar-refractivity contribution in [3.05, 3.63) is 88.5 Å². The van der Waals surface area contributed by atoms with Crippen molar-refractivity contribution in [3.63, 3.8) is 0 Å². The molecule has 1 aliphatic carbocycles. The lowest BCUT2D eigenvalue weighted by Crippen LogP contribution is -2.26. The van der Waals surface area contributed by atoms with E-state index < -0.39 is 5.41 Å². The van der Waals surface area contributed by atoms with Gasteiger partial charge in [-0.3, -0.25) is 4.98 Å². The number of aromatic nitrogens is 1. The Hall–Kier alpha value is -2.99. The normalized spacial score (nSPS) is 16.7. The van der Waals surface area contributed by atoms with Crippen molar-refractivity contribution in [1.82, 2.24) is 4.98 Å². The fraction of sp³-hybridized carbons (Fsp3) is 0.438. The molecule has 0 spiro atoms. The van der Waals surface area contributed by atoms with Crippen LogP contribution in [0.1, 0.15) is 86.9 Å². The van der Waals surface area contributed by atoms with Crippen molar-refractivity contribution in [2.24, 2.45) is 0 Å². The molecule has 182 valence electrons. The van der Waals surface area contributed by atoms with Crippen LogP contribution in [0.2, 0.25) is 0 Å². The van der Waals surface area contributed by atoms with Gasteiger partial charge in [-0.15, -0.1) is 0 Å². The van der Waals surface area contributed by atoms with E-state index in [4.69, 9.17) is 4.98 Å². The van der Waals surface area contributed by atoms with Gasteiger partial charge in [-0.05, 0) is 84.9 Å². The zero-order valence-electron chi connectivity index (χ0n) is 21.2. The van der Waals surface area contributed by atoms with E-state index in [0.29, 0.717) is 6.42 Å². The molecule has 1 aliphatic rings. The maximum Gasteiger partial charge on any atom is 0.123 e. The second kappa shape index (κ2) is 11.6. The van der Waals surface area contributed by atoms with Gasteiger partial charge in [0.15, 0.2) is 0 Å². The molecule has 2 aromatic carbocycles. The summed E-state index contributed by atoms with van der Waals surface area (Å²) in [5, 5.41) is 10.5. The SMILES string of the molecule is CCCCCc1nc2c(c(-c3ccc(F)cc3)c1CCCCC)CCC2(C#N)Cc1ccccc1. The average molecular weight is 469 g/mol. The lowest BCUT2D eigenvalue weighted by atomic mass is 9.79. The Morgan fingerprint density at radius 2 is 1.60 bits per heavy atom. The molecule has 1 heterocycles. The Bertz CT molecular complexity index is 1160. The number of pyridine rings is 1. The molecule has 35 heavy (non-hydrogen) atoms. The molecule has 3 heteroatoms. The van der Waals surface area contributed by atoms with Gasteiger partial charge in [0.25, 0.3) is 0 Å². The highest BCUT2D eigenvalue weighted by molar-refractivity contribution is 5.75. The minimum atomic E-state index is -0.618. The second-order valence-electron chi connectivity index (χ2n) is 10.0. The van der Waals surface area contributed by atoms with Gasteiger partial charge in [0.2, 0.25) is 0 Å². The molecule has 4 rings (SSSR count). The summed E-state index contributed by atoms with van der Waals surface area (Å²) in [7, 11) is 0. The highest BCUT2D eigenvalue weighted by Crippen LogP contribution is 2.46. The molecular formula is C32H37FN2. The number of fused-ring (bicyclic) bond motifs is 1. The highest BCUT2D eigenvalue weighted by Gasteiger charge is 2.43. The van der Waals surface area contributed by atoms with Crippen LogP contribution in [-0.4, -0.2) is 4.98 Å². The van der Waals surface area contributed by atoms with Gasteiger partial charge in [0, 0.05) is 5.69 Å². The van der Waals surface area contributed by atoms with Crippen LogP contribution in [0.5, 0.6) is 0 Å². The molecule has 3 aromatic rings. The standard InChI is InChI=1S/C32H37FN2/c1-3-5-8-14-27-29(15-9-6-4-2)35-31-28(30(27)25-16-18-26(33)19-17-25)20-21-32(31,23-34)22-24-12-10-7-11-13-24/h7,10-13,16-19H,3-6,8-9,14-15,20-22H2,1-2H3. The topological polar surface area (TPSA) is 36.7 Å². The summed E-state index contributed by atoms with van der Waals surface area (Å²) in [6.07, 6.45) is 11.1. The van der Waals surface area contributed by atoms with Gasteiger partial charge in [-0.2, -0.15) is 5.26 Å². The molecule has 0 fully saturated rings. The summed E-state index contributed by atoms with van der Waals surface area (Å²) in [5.41, 5.74) is 7.49. The van der Waals surface area contributed by atoms with E-state index >= 15 is 0 Å². The van der Waals surface area contributed by atoms with Gasteiger partial charge < -0.3 is 0 Å². The molecule has 0 radical (unpaired) electrons. The van der Waals surface area contributed by atoms with Crippen molar-refractivity contribution >= 4 is 0 Å². The summed E-state index contributed by atoms with van der Waals surface area (Å²) in [6, 6.07) is 20.0. The van der Waals surface area contributed by atoms with Crippen molar-refractivity contribution < 1.29 is 4.39 Å². The minimum absolute atomic E-state index is 0.217. The minimum Gasteiger partial charge on any atom is -0.256 e. The maximum absolute atomic E-state index is 13.9. The molecule has 0 amide bonds. The molecule has 1 unspecified atom stereocenters. The monoisotopic (exact) mass is 468 g/mol. The van der Waals surface area contributed by atoms with E-state index in [9.17, 15) is 9.65 Å². The number of unbranched alkanes of at least 4 members (excludes halogenated alkanes) is 4. The number of nitrogens with zero attached hydrogens (tertiary/aromatic N) is 2. The van der Waals surface area contributed by atoms with E-state index in [1.807, 2.05) is 30.3 Å². The molecule has 0 bridgehead atoms. The largest absolute Gasteiger partial charge is 0.256 e. The quantitative estimate of drug-likeness (QED) is 0.265. The molecule has 2 nitrogen and oxygen atoms in total. The van der Waals surface area contributed by atoms with E-state index in [-0.39, 0.29) is 5.82 Å². The van der Waals surface area contributed by atoms with Crippen LogP contribution in [0.15, 0.2) is 54.6 Å². The smallest absolute Gasteiger partial charge is 0.123 e. The predicted molar refractivity (Wildman–Crippen MR) is 142 cm³/mol.